The molecule has 0 unspecified atom stereocenters. The number of hydrogen-bond donors (Lipinski definition) is 2. The summed E-state index contributed by atoms with van der Waals surface area (Å²) in [7, 11) is 0. The molecular formula is C15H24N4O2. The van der Waals surface area contributed by atoms with Gasteiger partial charge in [0.1, 0.15) is 5.82 Å². The quantitative estimate of drug-likeness (QED) is 0.861. The Morgan fingerprint density at radius 1 is 1.48 bits per heavy atom. The van der Waals surface area contributed by atoms with Crippen LogP contribution in [0.4, 0.5) is 0 Å². The van der Waals surface area contributed by atoms with Crippen LogP contribution in [0.1, 0.15) is 38.2 Å². The summed E-state index contributed by atoms with van der Waals surface area (Å²) in [6.07, 6.45) is 1.79. The minimum Gasteiger partial charge on any atom is -0.350 e. The van der Waals surface area contributed by atoms with Gasteiger partial charge in [-0.15, -0.1) is 0 Å². The molecule has 1 aliphatic rings. The van der Waals surface area contributed by atoms with Crippen molar-refractivity contribution in [1.82, 2.24) is 20.2 Å². The number of nitrogens with zero attached hydrogens (tertiary/aromatic N) is 2. The normalized spacial score (nSPS) is 17.1. The summed E-state index contributed by atoms with van der Waals surface area (Å²) >= 11 is 0. The van der Waals surface area contributed by atoms with Gasteiger partial charge < -0.3 is 15.2 Å². The molecule has 0 saturated carbocycles. The van der Waals surface area contributed by atoms with Gasteiger partial charge in [0, 0.05) is 18.0 Å². The molecule has 0 radical (unpaired) electrons. The number of aryl methyl sites for hydroxylation is 1. The van der Waals surface area contributed by atoms with Crippen LogP contribution in [0.3, 0.4) is 0 Å². The summed E-state index contributed by atoms with van der Waals surface area (Å²) < 4.78 is 0. The van der Waals surface area contributed by atoms with Gasteiger partial charge in [-0.3, -0.25) is 9.59 Å². The highest BCUT2D eigenvalue weighted by molar-refractivity contribution is 5.78. The van der Waals surface area contributed by atoms with Crippen molar-refractivity contribution in [3.8, 4) is 0 Å². The van der Waals surface area contributed by atoms with Crippen LogP contribution < -0.4 is 10.9 Å². The maximum absolute atomic E-state index is 12.2. The molecule has 0 aliphatic carbocycles. The highest BCUT2D eigenvalue weighted by atomic mass is 16.2. The molecular weight excluding hydrogens is 268 g/mol. The number of carbonyl (C=O) groups is 1. The maximum atomic E-state index is 12.2. The zero-order valence-electron chi connectivity index (χ0n) is 13.0. The van der Waals surface area contributed by atoms with E-state index in [1.165, 1.54) is 6.07 Å². The van der Waals surface area contributed by atoms with Crippen LogP contribution >= 0.6 is 0 Å². The molecule has 1 saturated heterocycles. The number of aromatic nitrogens is 2. The molecule has 116 valence electrons. The molecule has 2 rings (SSSR count). The third-order valence-electron chi connectivity index (χ3n) is 3.99. The van der Waals surface area contributed by atoms with Crippen LogP contribution in [0.25, 0.3) is 0 Å². The van der Waals surface area contributed by atoms with Crippen LogP contribution in [0, 0.1) is 12.8 Å². The van der Waals surface area contributed by atoms with Crippen LogP contribution in [-0.4, -0.2) is 39.9 Å². The van der Waals surface area contributed by atoms with Gasteiger partial charge in [0.15, 0.2) is 0 Å². The molecule has 21 heavy (non-hydrogen) atoms. The molecule has 0 aromatic carbocycles. The van der Waals surface area contributed by atoms with Crippen molar-refractivity contribution in [2.75, 3.05) is 13.1 Å². The molecule has 6 heteroatoms. The van der Waals surface area contributed by atoms with Crippen molar-refractivity contribution in [1.29, 1.82) is 0 Å². The summed E-state index contributed by atoms with van der Waals surface area (Å²) in [6, 6.07) is 1.96. The van der Waals surface area contributed by atoms with Gasteiger partial charge in [0.05, 0.1) is 12.2 Å². The zero-order valence-corrected chi connectivity index (χ0v) is 13.0. The first-order chi connectivity index (χ1) is 9.95. The first-order valence-electron chi connectivity index (χ1n) is 7.54. The Morgan fingerprint density at radius 2 is 2.14 bits per heavy atom. The standard InChI is InChI=1S/C15H24N4O2/c1-10(2)19-6-4-12(5-7-19)15(21)16-9-13-8-14(20)18-11(3)17-13/h8,10,12H,4-7,9H2,1-3H3,(H,16,21)(H,17,18,20). The SMILES string of the molecule is Cc1nc(CNC(=O)C2CCN(C(C)C)CC2)cc(=O)[nH]1. The van der Waals surface area contributed by atoms with Crippen molar-refractivity contribution in [3.05, 3.63) is 27.9 Å². The van der Waals surface area contributed by atoms with Gasteiger partial charge in [-0.2, -0.15) is 0 Å². The molecule has 1 aromatic rings. The predicted octanol–water partition coefficient (Wildman–Crippen LogP) is 0.815. The lowest BCUT2D eigenvalue weighted by Gasteiger charge is -2.33. The topological polar surface area (TPSA) is 78.1 Å². The number of carbonyl (C=O) groups excluding carboxylic acids is 1. The number of amides is 1. The van der Waals surface area contributed by atoms with Crippen LogP contribution in [-0.2, 0) is 11.3 Å². The van der Waals surface area contributed by atoms with Crippen LogP contribution in [0.2, 0.25) is 0 Å². The Hall–Kier alpha value is -1.69. The van der Waals surface area contributed by atoms with Crippen molar-refractivity contribution >= 4 is 5.91 Å². The van der Waals surface area contributed by atoms with E-state index in [0.29, 0.717) is 24.1 Å². The number of likely N-dealkylation sites (tertiary alicyclic amines) is 1. The number of nitrogens with one attached hydrogen (secondary N) is 2. The lowest BCUT2D eigenvalue weighted by Crippen LogP contribution is -2.43. The number of rotatable bonds is 4. The van der Waals surface area contributed by atoms with Crippen molar-refractivity contribution in [2.24, 2.45) is 5.92 Å². The van der Waals surface area contributed by atoms with E-state index in [2.05, 4.69) is 34.0 Å². The van der Waals surface area contributed by atoms with E-state index in [1.807, 2.05) is 0 Å². The Morgan fingerprint density at radius 3 is 2.71 bits per heavy atom. The number of piperidine rings is 1. The number of hydrogen-bond acceptors (Lipinski definition) is 4. The molecule has 1 aromatic heterocycles. The van der Waals surface area contributed by atoms with E-state index in [4.69, 9.17) is 0 Å². The molecule has 0 bridgehead atoms. The lowest BCUT2D eigenvalue weighted by molar-refractivity contribution is -0.126. The summed E-state index contributed by atoms with van der Waals surface area (Å²) in [5, 5.41) is 2.89. The Kier molecular flexibility index (Phi) is 5.12. The predicted molar refractivity (Wildman–Crippen MR) is 80.9 cm³/mol. The summed E-state index contributed by atoms with van der Waals surface area (Å²) in [6.45, 7) is 8.35. The van der Waals surface area contributed by atoms with Gasteiger partial charge in [-0.1, -0.05) is 0 Å². The van der Waals surface area contributed by atoms with E-state index < -0.39 is 0 Å². The minimum absolute atomic E-state index is 0.0677. The maximum Gasteiger partial charge on any atom is 0.251 e. The highest BCUT2D eigenvalue weighted by Crippen LogP contribution is 2.19. The van der Waals surface area contributed by atoms with Crippen LogP contribution in [0.15, 0.2) is 10.9 Å². The third-order valence-corrected chi connectivity index (χ3v) is 3.99. The molecule has 0 atom stereocenters. The Bertz CT molecular complexity index is 545. The molecule has 1 aliphatic heterocycles. The second kappa shape index (κ2) is 6.85. The van der Waals surface area contributed by atoms with E-state index in [0.717, 1.165) is 25.9 Å². The highest BCUT2D eigenvalue weighted by Gasteiger charge is 2.25. The van der Waals surface area contributed by atoms with E-state index in [-0.39, 0.29) is 17.4 Å². The summed E-state index contributed by atoms with van der Waals surface area (Å²) in [5.74, 6) is 0.707. The minimum atomic E-state index is -0.183. The van der Waals surface area contributed by atoms with Gasteiger partial charge in [0.2, 0.25) is 5.91 Å². The van der Waals surface area contributed by atoms with E-state index in [1.54, 1.807) is 6.92 Å². The molecule has 0 spiro atoms. The average molecular weight is 292 g/mol. The second-order valence-electron chi connectivity index (χ2n) is 5.94. The smallest absolute Gasteiger partial charge is 0.251 e. The summed E-state index contributed by atoms with van der Waals surface area (Å²) in [4.78, 5) is 32.7. The largest absolute Gasteiger partial charge is 0.350 e. The van der Waals surface area contributed by atoms with Crippen molar-refractivity contribution in [3.63, 3.8) is 0 Å². The summed E-state index contributed by atoms with van der Waals surface area (Å²) in [5.41, 5.74) is 0.418. The second-order valence-corrected chi connectivity index (χ2v) is 5.94. The van der Waals surface area contributed by atoms with E-state index in [9.17, 15) is 9.59 Å². The molecule has 1 fully saturated rings. The molecule has 6 nitrogen and oxygen atoms in total. The van der Waals surface area contributed by atoms with E-state index >= 15 is 0 Å². The van der Waals surface area contributed by atoms with Gasteiger partial charge in [-0.05, 0) is 46.7 Å². The number of aromatic amines is 1. The monoisotopic (exact) mass is 292 g/mol. The third kappa shape index (κ3) is 4.39. The van der Waals surface area contributed by atoms with Gasteiger partial charge >= 0.3 is 0 Å². The zero-order chi connectivity index (χ0) is 15.4. The number of H-pyrrole nitrogens is 1. The fourth-order valence-electron chi connectivity index (χ4n) is 2.73. The first kappa shape index (κ1) is 15.7. The molecule has 2 N–H and O–H groups in total. The van der Waals surface area contributed by atoms with Crippen molar-refractivity contribution < 1.29 is 4.79 Å². The fourth-order valence-corrected chi connectivity index (χ4v) is 2.73. The fraction of sp³-hybridized carbons (Fsp3) is 0.667. The Balaban J connectivity index is 1.84. The van der Waals surface area contributed by atoms with Crippen LogP contribution in [0.5, 0.6) is 0 Å². The molecule has 2 heterocycles. The molecule has 1 amide bonds. The van der Waals surface area contributed by atoms with Crippen molar-refractivity contribution in [2.45, 2.75) is 46.2 Å². The first-order valence-corrected chi connectivity index (χ1v) is 7.54. The Labute approximate surface area is 125 Å². The lowest BCUT2D eigenvalue weighted by atomic mass is 9.95. The van der Waals surface area contributed by atoms with Gasteiger partial charge in [-0.25, -0.2) is 4.98 Å². The van der Waals surface area contributed by atoms with Gasteiger partial charge in [0.25, 0.3) is 5.56 Å². The average Bonchev–Trinajstić information content (AvgIpc) is 2.44.